The van der Waals surface area contributed by atoms with Gasteiger partial charge in [0.2, 0.25) is 5.96 Å². The molecule has 0 amide bonds. The van der Waals surface area contributed by atoms with Gasteiger partial charge in [-0.3, -0.25) is 15.1 Å². The molecule has 1 aromatic carbocycles. The van der Waals surface area contributed by atoms with E-state index in [4.69, 9.17) is 5.26 Å². The summed E-state index contributed by atoms with van der Waals surface area (Å²) >= 11 is 0. The third kappa shape index (κ3) is 3.57. The van der Waals surface area contributed by atoms with E-state index in [9.17, 15) is 9.18 Å². The standard InChI is InChI=1S/C15H17FN4O/c1-18-15(19-10-17)20-8-6-12(7-9-20)14(21)11-2-4-13(16)5-3-11/h2-5,12H,6-9H2,1H3,(H,18,19). The summed E-state index contributed by atoms with van der Waals surface area (Å²) in [4.78, 5) is 18.3. The number of nitrogens with zero attached hydrogens (tertiary/aromatic N) is 3. The van der Waals surface area contributed by atoms with Crippen LogP contribution in [0.3, 0.4) is 0 Å². The molecular weight excluding hydrogens is 271 g/mol. The first-order chi connectivity index (χ1) is 10.2. The van der Waals surface area contributed by atoms with Gasteiger partial charge in [-0.05, 0) is 37.1 Å². The lowest BCUT2D eigenvalue weighted by atomic mass is 9.89. The highest BCUT2D eigenvalue weighted by molar-refractivity contribution is 5.98. The van der Waals surface area contributed by atoms with Gasteiger partial charge in [0.05, 0.1) is 0 Å². The van der Waals surface area contributed by atoms with Crippen molar-refractivity contribution in [3.63, 3.8) is 0 Å². The number of rotatable bonds is 2. The van der Waals surface area contributed by atoms with Gasteiger partial charge in [-0.15, -0.1) is 0 Å². The molecule has 5 nitrogen and oxygen atoms in total. The zero-order chi connectivity index (χ0) is 15.2. The summed E-state index contributed by atoms with van der Waals surface area (Å²) in [6.07, 6.45) is 3.25. The number of halogens is 1. The van der Waals surface area contributed by atoms with Crippen molar-refractivity contribution in [1.82, 2.24) is 10.2 Å². The van der Waals surface area contributed by atoms with Crippen molar-refractivity contribution in [1.29, 1.82) is 5.26 Å². The first-order valence-electron chi connectivity index (χ1n) is 6.82. The molecule has 1 N–H and O–H groups in total. The summed E-state index contributed by atoms with van der Waals surface area (Å²) in [5.41, 5.74) is 0.550. The zero-order valence-electron chi connectivity index (χ0n) is 11.8. The number of nitriles is 1. The predicted octanol–water partition coefficient (Wildman–Crippen LogP) is 1.78. The lowest BCUT2D eigenvalue weighted by Crippen LogP contribution is -2.45. The number of carbonyl (C=O) groups excluding carboxylic acids is 1. The van der Waals surface area contributed by atoms with Gasteiger partial charge in [-0.1, -0.05) is 0 Å². The predicted molar refractivity (Wildman–Crippen MR) is 77.1 cm³/mol. The van der Waals surface area contributed by atoms with Crippen LogP contribution >= 0.6 is 0 Å². The molecule has 0 radical (unpaired) electrons. The van der Waals surface area contributed by atoms with E-state index in [0.29, 0.717) is 37.5 Å². The number of Topliss-reactive ketones (excluding diaryl/α,β-unsaturated/α-hetero) is 1. The molecule has 1 fully saturated rings. The monoisotopic (exact) mass is 288 g/mol. The van der Waals surface area contributed by atoms with Gasteiger partial charge in [-0.2, -0.15) is 5.26 Å². The smallest absolute Gasteiger partial charge is 0.207 e. The van der Waals surface area contributed by atoms with E-state index in [1.54, 1.807) is 7.05 Å². The summed E-state index contributed by atoms with van der Waals surface area (Å²) < 4.78 is 12.9. The summed E-state index contributed by atoms with van der Waals surface area (Å²) in [5, 5.41) is 11.2. The topological polar surface area (TPSA) is 68.5 Å². The van der Waals surface area contributed by atoms with Crippen molar-refractivity contribution in [2.75, 3.05) is 20.1 Å². The Kier molecular flexibility index (Phi) is 4.88. The maximum absolute atomic E-state index is 12.9. The van der Waals surface area contributed by atoms with Crippen LogP contribution in [0.4, 0.5) is 4.39 Å². The highest BCUT2D eigenvalue weighted by Gasteiger charge is 2.27. The Bertz CT molecular complexity index is 568. The van der Waals surface area contributed by atoms with Gasteiger partial charge >= 0.3 is 0 Å². The average Bonchev–Trinajstić information content (AvgIpc) is 2.53. The Morgan fingerprint density at radius 1 is 1.38 bits per heavy atom. The Labute approximate surface area is 123 Å². The van der Waals surface area contributed by atoms with Crippen LogP contribution in [0.2, 0.25) is 0 Å². The van der Waals surface area contributed by atoms with Crippen LogP contribution < -0.4 is 5.32 Å². The van der Waals surface area contributed by atoms with Crippen molar-refractivity contribution in [2.45, 2.75) is 12.8 Å². The molecule has 1 saturated heterocycles. The van der Waals surface area contributed by atoms with E-state index >= 15 is 0 Å². The molecule has 2 rings (SSSR count). The molecule has 6 heteroatoms. The molecule has 0 atom stereocenters. The molecule has 0 aromatic heterocycles. The number of nitrogens with one attached hydrogen (secondary N) is 1. The number of likely N-dealkylation sites (tertiary alicyclic amines) is 1. The Balaban J connectivity index is 1.96. The zero-order valence-corrected chi connectivity index (χ0v) is 11.8. The van der Waals surface area contributed by atoms with E-state index < -0.39 is 0 Å². The molecule has 1 aliphatic rings. The molecule has 0 aliphatic carbocycles. The molecule has 110 valence electrons. The number of carbonyl (C=O) groups is 1. The largest absolute Gasteiger partial charge is 0.342 e. The number of hydrogen-bond acceptors (Lipinski definition) is 3. The minimum Gasteiger partial charge on any atom is -0.342 e. The van der Waals surface area contributed by atoms with Crippen LogP contribution in [-0.2, 0) is 0 Å². The Morgan fingerprint density at radius 2 is 2.00 bits per heavy atom. The summed E-state index contributed by atoms with van der Waals surface area (Å²) in [5.74, 6) is 0.183. The molecular formula is C15H17FN4O. The Morgan fingerprint density at radius 3 is 2.52 bits per heavy atom. The van der Waals surface area contributed by atoms with Gasteiger partial charge in [0.25, 0.3) is 0 Å². The number of piperidine rings is 1. The molecule has 0 spiro atoms. The van der Waals surface area contributed by atoms with E-state index in [1.807, 2.05) is 11.1 Å². The highest BCUT2D eigenvalue weighted by atomic mass is 19.1. The second-order valence-electron chi connectivity index (χ2n) is 4.92. The number of aliphatic imine (C=N–C) groups is 1. The van der Waals surface area contributed by atoms with Gasteiger partial charge in [-0.25, -0.2) is 4.39 Å². The first-order valence-corrected chi connectivity index (χ1v) is 6.82. The van der Waals surface area contributed by atoms with Crippen LogP contribution in [0.5, 0.6) is 0 Å². The van der Waals surface area contributed by atoms with Crippen molar-refractivity contribution in [2.24, 2.45) is 10.9 Å². The van der Waals surface area contributed by atoms with Crippen LogP contribution in [0.25, 0.3) is 0 Å². The third-order valence-corrected chi connectivity index (χ3v) is 3.67. The quantitative estimate of drug-likeness (QED) is 0.296. The number of guanidine groups is 1. The number of benzene rings is 1. The summed E-state index contributed by atoms with van der Waals surface area (Å²) in [6, 6.07) is 5.67. The molecule has 0 unspecified atom stereocenters. The molecule has 1 aromatic rings. The van der Waals surface area contributed by atoms with Crippen LogP contribution in [0, 0.1) is 23.2 Å². The first kappa shape index (κ1) is 15.0. The molecule has 1 heterocycles. The second-order valence-corrected chi connectivity index (χ2v) is 4.92. The highest BCUT2D eigenvalue weighted by Crippen LogP contribution is 2.22. The normalized spacial score (nSPS) is 16.4. The van der Waals surface area contributed by atoms with E-state index in [1.165, 1.54) is 24.3 Å². The van der Waals surface area contributed by atoms with Gasteiger partial charge in [0.15, 0.2) is 12.0 Å². The van der Waals surface area contributed by atoms with Crippen molar-refractivity contribution >= 4 is 11.7 Å². The SMILES string of the molecule is CN=C(NC#N)N1CCC(C(=O)c2ccc(F)cc2)CC1. The van der Waals surface area contributed by atoms with Gasteiger partial charge in [0.1, 0.15) is 5.82 Å². The molecule has 0 bridgehead atoms. The third-order valence-electron chi connectivity index (χ3n) is 3.67. The summed E-state index contributed by atoms with van der Waals surface area (Å²) in [7, 11) is 1.62. The fourth-order valence-corrected chi connectivity index (χ4v) is 2.53. The van der Waals surface area contributed by atoms with Gasteiger partial charge < -0.3 is 4.90 Å². The van der Waals surface area contributed by atoms with Crippen molar-refractivity contribution in [3.05, 3.63) is 35.6 Å². The van der Waals surface area contributed by atoms with Crippen LogP contribution in [0.15, 0.2) is 29.3 Å². The molecule has 21 heavy (non-hydrogen) atoms. The van der Waals surface area contributed by atoms with E-state index in [2.05, 4.69) is 10.3 Å². The lowest BCUT2D eigenvalue weighted by Gasteiger charge is -2.32. The Hall–Kier alpha value is -2.42. The minimum absolute atomic E-state index is 0.0536. The average molecular weight is 288 g/mol. The maximum atomic E-state index is 12.9. The fourth-order valence-electron chi connectivity index (χ4n) is 2.53. The molecule has 0 saturated carbocycles. The second kappa shape index (κ2) is 6.84. The lowest BCUT2D eigenvalue weighted by molar-refractivity contribution is 0.0871. The van der Waals surface area contributed by atoms with Gasteiger partial charge in [0, 0.05) is 31.6 Å². The van der Waals surface area contributed by atoms with Crippen LogP contribution in [-0.4, -0.2) is 36.8 Å². The van der Waals surface area contributed by atoms with Crippen LogP contribution in [0.1, 0.15) is 23.2 Å². The number of hydrogen-bond donors (Lipinski definition) is 1. The minimum atomic E-state index is -0.340. The van der Waals surface area contributed by atoms with E-state index in [-0.39, 0.29) is 17.5 Å². The fraction of sp³-hybridized carbons (Fsp3) is 0.400. The molecule has 1 aliphatic heterocycles. The van der Waals surface area contributed by atoms with E-state index in [0.717, 1.165) is 0 Å². The van der Waals surface area contributed by atoms with Crippen molar-refractivity contribution in [3.8, 4) is 6.19 Å². The number of ketones is 1. The summed E-state index contributed by atoms with van der Waals surface area (Å²) in [6.45, 7) is 1.33. The van der Waals surface area contributed by atoms with Crippen molar-refractivity contribution < 1.29 is 9.18 Å². The maximum Gasteiger partial charge on any atom is 0.207 e.